The molecular weight excluding hydrogens is 483 g/mol. The number of benzene rings is 3. The summed E-state index contributed by atoms with van der Waals surface area (Å²) in [6, 6.07) is 19.5. The van der Waals surface area contributed by atoms with E-state index < -0.39 is 18.1 Å². The number of carbonyl (C=O) groups is 3. The van der Waals surface area contributed by atoms with E-state index in [1.807, 2.05) is 19.1 Å². The number of para-hydroxylation sites is 1. The molecule has 0 unspecified atom stereocenters. The number of anilines is 2. The number of hydrogen-bond donors (Lipinski definition) is 1. The highest BCUT2D eigenvalue weighted by Crippen LogP contribution is 2.38. The van der Waals surface area contributed by atoms with Crippen LogP contribution in [0.15, 0.2) is 72.8 Å². The van der Waals surface area contributed by atoms with E-state index in [4.69, 9.17) is 0 Å². The van der Waals surface area contributed by atoms with Crippen LogP contribution in [0.25, 0.3) is 0 Å². The predicted octanol–water partition coefficient (Wildman–Crippen LogP) is 5.75. The van der Waals surface area contributed by atoms with Gasteiger partial charge in [-0.05, 0) is 67.3 Å². The molecule has 3 aromatic rings. The zero-order valence-electron chi connectivity index (χ0n) is 20.4. The van der Waals surface area contributed by atoms with E-state index in [0.717, 1.165) is 12.6 Å². The van der Waals surface area contributed by atoms with Crippen molar-refractivity contribution in [1.82, 2.24) is 4.90 Å². The van der Waals surface area contributed by atoms with Crippen LogP contribution >= 0.6 is 0 Å². The van der Waals surface area contributed by atoms with Gasteiger partial charge in [0, 0.05) is 36.1 Å². The lowest BCUT2D eigenvalue weighted by Gasteiger charge is -2.30. The third-order valence-electron chi connectivity index (χ3n) is 6.50. The van der Waals surface area contributed by atoms with E-state index in [2.05, 4.69) is 5.32 Å². The molecule has 0 fully saturated rings. The first-order valence-corrected chi connectivity index (χ1v) is 11.8. The summed E-state index contributed by atoms with van der Waals surface area (Å²) in [4.78, 5) is 40.2. The van der Waals surface area contributed by atoms with Gasteiger partial charge in [-0.15, -0.1) is 0 Å². The topological polar surface area (TPSA) is 69.7 Å². The molecule has 6 nitrogen and oxygen atoms in total. The van der Waals surface area contributed by atoms with Gasteiger partial charge in [0.1, 0.15) is 0 Å². The largest absolute Gasteiger partial charge is 0.471 e. The lowest BCUT2D eigenvalue weighted by atomic mass is 10.00. The summed E-state index contributed by atoms with van der Waals surface area (Å²) in [5.74, 6) is -2.51. The fourth-order valence-electron chi connectivity index (χ4n) is 4.57. The summed E-state index contributed by atoms with van der Waals surface area (Å²) < 4.78 is 39.3. The molecule has 0 bridgehead atoms. The molecule has 0 saturated carbocycles. The minimum Gasteiger partial charge on any atom is -0.331 e. The van der Waals surface area contributed by atoms with Crippen LogP contribution in [0.3, 0.4) is 0 Å². The Balaban J connectivity index is 1.55. The second-order valence-corrected chi connectivity index (χ2v) is 8.93. The van der Waals surface area contributed by atoms with Crippen molar-refractivity contribution in [3.8, 4) is 0 Å². The number of nitrogens with one attached hydrogen (secondary N) is 1. The number of nitrogens with zero attached hydrogens (tertiary/aromatic N) is 2. The molecule has 37 heavy (non-hydrogen) atoms. The standard InChI is InChI=1S/C28H26F3N3O3/c1-18-8-3-4-9-21(18)25(35)32-20-15-13-19(14-16-20)26(36)34-17-7-12-23(22-10-5-6-11-24(22)34)33(2)27(37)28(29,30)31/h3-6,8-11,13-16,23H,7,12,17H2,1-2H3,(H,32,35)/t23-/m1/s1. The first-order valence-electron chi connectivity index (χ1n) is 11.8. The number of amides is 3. The fourth-order valence-corrected chi connectivity index (χ4v) is 4.57. The Bertz CT molecular complexity index is 1320. The van der Waals surface area contributed by atoms with Crippen LogP contribution in [0, 0.1) is 6.92 Å². The van der Waals surface area contributed by atoms with Gasteiger partial charge < -0.3 is 15.1 Å². The van der Waals surface area contributed by atoms with E-state index in [1.54, 1.807) is 60.7 Å². The van der Waals surface area contributed by atoms with E-state index in [-0.39, 0.29) is 24.8 Å². The highest BCUT2D eigenvalue weighted by molar-refractivity contribution is 6.08. The molecule has 4 rings (SSSR count). The van der Waals surface area contributed by atoms with Crippen molar-refractivity contribution in [2.45, 2.75) is 32.0 Å². The number of rotatable bonds is 4. The lowest BCUT2D eigenvalue weighted by Crippen LogP contribution is -2.40. The second-order valence-electron chi connectivity index (χ2n) is 8.93. The first-order chi connectivity index (χ1) is 17.6. The zero-order valence-corrected chi connectivity index (χ0v) is 20.4. The number of fused-ring (bicyclic) bond motifs is 1. The van der Waals surface area contributed by atoms with Gasteiger partial charge >= 0.3 is 12.1 Å². The summed E-state index contributed by atoms with van der Waals surface area (Å²) >= 11 is 0. The molecule has 9 heteroatoms. The third-order valence-corrected chi connectivity index (χ3v) is 6.50. The van der Waals surface area contributed by atoms with Crippen LogP contribution in [0.1, 0.15) is 50.7 Å². The molecule has 0 saturated heterocycles. The van der Waals surface area contributed by atoms with Crippen LogP contribution in [-0.2, 0) is 4.79 Å². The van der Waals surface area contributed by atoms with Crippen LogP contribution in [0.4, 0.5) is 24.5 Å². The van der Waals surface area contributed by atoms with Crippen LogP contribution in [-0.4, -0.2) is 42.4 Å². The second kappa shape index (κ2) is 10.5. The molecule has 0 aromatic heterocycles. The Kier molecular flexibility index (Phi) is 7.33. The fraction of sp³-hybridized carbons (Fsp3) is 0.250. The summed E-state index contributed by atoms with van der Waals surface area (Å²) in [6.45, 7) is 2.13. The first kappa shape index (κ1) is 25.9. The van der Waals surface area contributed by atoms with E-state index in [1.165, 1.54) is 4.90 Å². The summed E-state index contributed by atoms with van der Waals surface area (Å²) in [7, 11) is 1.14. The molecule has 1 atom stereocenters. The Morgan fingerprint density at radius 2 is 1.59 bits per heavy atom. The van der Waals surface area contributed by atoms with Gasteiger partial charge in [0.25, 0.3) is 11.8 Å². The molecule has 1 aliphatic rings. The molecule has 3 amide bonds. The maximum Gasteiger partial charge on any atom is 0.471 e. The number of hydrogen-bond acceptors (Lipinski definition) is 3. The predicted molar refractivity (Wildman–Crippen MR) is 134 cm³/mol. The molecule has 1 aliphatic heterocycles. The summed E-state index contributed by atoms with van der Waals surface area (Å²) in [6.07, 6.45) is -4.30. The van der Waals surface area contributed by atoms with Crippen molar-refractivity contribution in [2.75, 3.05) is 23.8 Å². The van der Waals surface area contributed by atoms with Crippen molar-refractivity contribution >= 4 is 29.1 Å². The third kappa shape index (κ3) is 5.50. The number of halogens is 3. The molecule has 0 spiro atoms. The van der Waals surface area contributed by atoms with Gasteiger partial charge in [-0.3, -0.25) is 14.4 Å². The summed E-state index contributed by atoms with van der Waals surface area (Å²) in [5.41, 5.74) is 3.22. The van der Waals surface area contributed by atoms with Gasteiger partial charge in [-0.2, -0.15) is 13.2 Å². The zero-order chi connectivity index (χ0) is 26.7. The number of alkyl halides is 3. The van der Waals surface area contributed by atoms with E-state index >= 15 is 0 Å². The van der Waals surface area contributed by atoms with E-state index in [0.29, 0.717) is 39.4 Å². The van der Waals surface area contributed by atoms with Gasteiger partial charge in [0.15, 0.2) is 0 Å². The molecular formula is C28H26F3N3O3. The van der Waals surface area contributed by atoms with Gasteiger partial charge in [0.2, 0.25) is 0 Å². The monoisotopic (exact) mass is 509 g/mol. The van der Waals surface area contributed by atoms with Gasteiger partial charge in [0.05, 0.1) is 6.04 Å². The Morgan fingerprint density at radius 1 is 0.946 bits per heavy atom. The van der Waals surface area contributed by atoms with Crippen molar-refractivity contribution in [2.24, 2.45) is 0 Å². The molecule has 192 valence electrons. The smallest absolute Gasteiger partial charge is 0.331 e. The minimum atomic E-state index is -4.98. The summed E-state index contributed by atoms with van der Waals surface area (Å²) in [5, 5.41) is 2.82. The van der Waals surface area contributed by atoms with Gasteiger partial charge in [-0.25, -0.2) is 0 Å². The van der Waals surface area contributed by atoms with Crippen LogP contribution in [0.5, 0.6) is 0 Å². The van der Waals surface area contributed by atoms with Crippen LogP contribution < -0.4 is 10.2 Å². The minimum absolute atomic E-state index is 0.262. The SMILES string of the molecule is Cc1ccccc1C(=O)Nc1ccc(C(=O)N2CCC[C@@H](N(C)C(=O)C(F)(F)F)c3ccccc32)cc1. The van der Waals surface area contributed by atoms with Crippen molar-refractivity contribution in [3.05, 3.63) is 95.1 Å². The Labute approximate surface area is 212 Å². The molecule has 0 radical (unpaired) electrons. The number of carbonyl (C=O) groups excluding carboxylic acids is 3. The molecule has 3 aromatic carbocycles. The van der Waals surface area contributed by atoms with Crippen LogP contribution in [0.2, 0.25) is 0 Å². The normalized spacial score (nSPS) is 15.4. The molecule has 0 aliphatic carbocycles. The van der Waals surface area contributed by atoms with Gasteiger partial charge in [-0.1, -0.05) is 36.4 Å². The highest BCUT2D eigenvalue weighted by atomic mass is 19.4. The molecule has 1 heterocycles. The maximum absolute atomic E-state index is 13.5. The Hall–Kier alpha value is -4.14. The molecule has 1 N–H and O–H groups in total. The maximum atomic E-state index is 13.5. The lowest BCUT2D eigenvalue weighted by molar-refractivity contribution is -0.186. The van der Waals surface area contributed by atoms with E-state index in [9.17, 15) is 27.6 Å². The van der Waals surface area contributed by atoms with Crippen molar-refractivity contribution in [1.29, 1.82) is 0 Å². The number of aryl methyl sites for hydroxylation is 1. The quantitative estimate of drug-likeness (QED) is 0.487. The highest BCUT2D eigenvalue weighted by Gasteiger charge is 2.44. The average molecular weight is 510 g/mol. The van der Waals surface area contributed by atoms with Crippen molar-refractivity contribution in [3.63, 3.8) is 0 Å². The Morgan fingerprint density at radius 3 is 2.27 bits per heavy atom. The van der Waals surface area contributed by atoms with Crippen molar-refractivity contribution < 1.29 is 27.6 Å². The average Bonchev–Trinajstić information content (AvgIpc) is 3.07.